The second kappa shape index (κ2) is 5.86. The first kappa shape index (κ1) is 11.3. The van der Waals surface area contributed by atoms with Crippen LogP contribution in [0.3, 0.4) is 0 Å². The molecule has 1 rings (SSSR count). The largest absolute Gasteiger partial charge is 0.477 e. The Hall–Kier alpha value is -0.760. The first-order valence-electron chi connectivity index (χ1n) is 4.86. The summed E-state index contributed by atoms with van der Waals surface area (Å²) in [4.78, 5) is 4.14. The van der Waals surface area contributed by atoms with Gasteiger partial charge in [-0.15, -0.1) is 11.6 Å². The highest BCUT2D eigenvalue weighted by atomic mass is 35.5. The maximum Gasteiger partial charge on any atom is 0.217 e. The Morgan fingerprint density at radius 3 is 2.93 bits per heavy atom. The van der Waals surface area contributed by atoms with E-state index in [1.165, 1.54) is 0 Å². The van der Waals surface area contributed by atoms with E-state index in [-0.39, 0.29) is 0 Å². The highest BCUT2D eigenvalue weighted by molar-refractivity contribution is 6.17. The number of aromatic nitrogens is 1. The van der Waals surface area contributed by atoms with Crippen molar-refractivity contribution in [2.45, 2.75) is 26.1 Å². The molecule has 0 saturated carbocycles. The van der Waals surface area contributed by atoms with Crippen molar-refractivity contribution in [1.29, 1.82) is 0 Å². The molecule has 0 radical (unpaired) electrons. The van der Waals surface area contributed by atoms with Crippen molar-refractivity contribution in [3.8, 4) is 5.88 Å². The molecule has 0 aromatic carbocycles. The molecule has 14 heavy (non-hydrogen) atoms. The molecule has 0 fully saturated rings. The van der Waals surface area contributed by atoms with E-state index in [0.717, 1.165) is 12.0 Å². The number of halogens is 1. The lowest BCUT2D eigenvalue weighted by Gasteiger charge is -2.09. The molecule has 0 N–H and O–H groups in total. The highest BCUT2D eigenvalue weighted by Gasteiger charge is 2.03. The van der Waals surface area contributed by atoms with Crippen molar-refractivity contribution in [2.24, 2.45) is 5.92 Å². The zero-order chi connectivity index (χ0) is 10.4. The summed E-state index contributed by atoms with van der Waals surface area (Å²) < 4.78 is 5.54. The van der Waals surface area contributed by atoms with E-state index in [1.807, 2.05) is 12.1 Å². The number of hydrogen-bond donors (Lipinski definition) is 0. The molecular formula is C11H16ClNO. The van der Waals surface area contributed by atoms with E-state index in [1.54, 1.807) is 6.20 Å². The molecule has 1 aromatic heterocycles. The third-order valence-electron chi connectivity index (χ3n) is 1.93. The van der Waals surface area contributed by atoms with Gasteiger partial charge in [-0.1, -0.05) is 19.9 Å². The molecule has 0 aliphatic heterocycles. The normalized spacial score (nSPS) is 10.6. The predicted molar refractivity (Wildman–Crippen MR) is 58.7 cm³/mol. The fourth-order valence-electron chi connectivity index (χ4n) is 1.05. The monoisotopic (exact) mass is 213 g/mol. The average Bonchev–Trinajstić information content (AvgIpc) is 2.18. The van der Waals surface area contributed by atoms with Crippen LogP contribution in [0, 0.1) is 5.92 Å². The van der Waals surface area contributed by atoms with E-state index in [2.05, 4.69) is 18.8 Å². The van der Waals surface area contributed by atoms with Crippen LogP contribution >= 0.6 is 11.6 Å². The summed E-state index contributed by atoms with van der Waals surface area (Å²) in [5.74, 6) is 1.77. The lowest BCUT2D eigenvalue weighted by atomic mass is 10.1. The maximum atomic E-state index is 5.75. The third kappa shape index (κ3) is 3.54. The van der Waals surface area contributed by atoms with Crippen LogP contribution in [-0.4, -0.2) is 11.6 Å². The van der Waals surface area contributed by atoms with Gasteiger partial charge in [-0.05, 0) is 18.4 Å². The molecule has 1 aromatic rings. The molecule has 0 saturated heterocycles. The number of hydrogen-bond acceptors (Lipinski definition) is 2. The number of alkyl halides is 1. The SMILES string of the molecule is CC(C)CCOc1ncccc1CCl. The quantitative estimate of drug-likeness (QED) is 0.701. The summed E-state index contributed by atoms with van der Waals surface area (Å²) >= 11 is 5.75. The van der Waals surface area contributed by atoms with Gasteiger partial charge in [0.2, 0.25) is 5.88 Å². The topological polar surface area (TPSA) is 22.1 Å². The van der Waals surface area contributed by atoms with Crippen molar-refractivity contribution >= 4 is 11.6 Å². The van der Waals surface area contributed by atoms with Crippen molar-refractivity contribution in [2.75, 3.05) is 6.61 Å². The minimum absolute atomic E-state index is 0.449. The van der Waals surface area contributed by atoms with Crippen molar-refractivity contribution in [1.82, 2.24) is 4.98 Å². The molecule has 0 amide bonds. The fourth-order valence-corrected chi connectivity index (χ4v) is 1.25. The average molecular weight is 214 g/mol. The predicted octanol–water partition coefficient (Wildman–Crippen LogP) is 3.25. The van der Waals surface area contributed by atoms with Crippen molar-refractivity contribution in [3.05, 3.63) is 23.9 Å². The van der Waals surface area contributed by atoms with Gasteiger partial charge in [0, 0.05) is 11.8 Å². The second-order valence-corrected chi connectivity index (χ2v) is 3.90. The van der Waals surface area contributed by atoms with Gasteiger partial charge in [-0.2, -0.15) is 0 Å². The van der Waals surface area contributed by atoms with Gasteiger partial charge in [-0.3, -0.25) is 0 Å². The number of rotatable bonds is 5. The Balaban J connectivity index is 2.49. The Morgan fingerprint density at radius 2 is 2.29 bits per heavy atom. The summed E-state index contributed by atoms with van der Waals surface area (Å²) in [5.41, 5.74) is 0.956. The van der Waals surface area contributed by atoms with Gasteiger partial charge >= 0.3 is 0 Å². The first-order chi connectivity index (χ1) is 6.74. The van der Waals surface area contributed by atoms with Crippen LogP contribution < -0.4 is 4.74 Å². The van der Waals surface area contributed by atoms with E-state index < -0.39 is 0 Å². The highest BCUT2D eigenvalue weighted by Crippen LogP contribution is 2.16. The molecule has 0 aliphatic rings. The molecule has 0 spiro atoms. The lowest BCUT2D eigenvalue weighted by Crippen LogP contribution is -2.04. The molecule has 0 aliphatic carbocycles. The van der Waals surface area contributed by atoms with Gasteiger partial charge in [0.15, 0.2) is 0 Å². The summed E-state index contributed by atoms with van der Waals surface area (Å²) in [6.07, 6.45) is 2.76. The van der Waals surface area contributed by atoms with Crippen LogP contribution in [0.1, 0.15) is 25.8 Å². The van der Waals surface area contributed by atoms with Crippen LogP contribution in [0.25, 0.3) is 0 Å². The Labute approximate surface area is 90.3 Å². The summed E-state index contributed by atoms with van der Waals surface area (Å²) in [5, 5.41) is 0. The van der Waals surface area contributed by atoms with Crippen molar-refractivity contribution in [3.63, 3.8) is 0 Å². The zero-order valence-electron chi connectivity index (χ0n) is 8.66. The minimum atomic E-state index is 0.449. The molecule has 3 heteroatoms. The Bertz CT molecular complexity index is 276. The number of pyridine rings is 1. The van der Waals surface area contributed by atoms with Crippen LogP contribution in [0.4, 0.5) is 0 Å². The van der Waals surface area contributed by atoms with Gasteiger partial charge in [0.05, 0.1) is 12.5 Å². The second-order valence-electron chi connectivity index (χ2n) is 3.63. The molecule has 1 heterocycles. The van der Waals surface area contributed by atoms with Gasteiger partial charge in [0.1, 0.15) is 0 Å². The van der Waals surface area contributed by atoms with E-state index in [4.69, 9.17) is 16.3 Å². The molecule has 0 unspecified atom stereocenters. The first-order valence-corrected chi connectivity index (χ1v) is 5.40. The lowest BCUT2D eigenvalue weighted by molar-refractivity contribution is 0.277. The maximum absolute atomic E-state index is 5.75. The smallest absolute Gasteiger partial charge is 0.217 e. The summed E-state index contributed by atoms with van der Waals surface area (Å²) in [6, 6.07) is 3.80. The van der Waals surface area contributed by atoms with Crippen LogP contribution in [0.2, 0.25) is 0 Å². The van der Waals surface area contributed by atoms with Crippen molar-refractivity contribution < 1.29 is 4.74 Å². The standard InChI is InChI=1S/C11H16ClNO/c1-9(2)5-7-14-11-10(8-12)4-3-6-13-11/h3-4,6,9H,5,7-8H2,1-2H3. The molecule has 2 nitrogen and oxygen atoms in total. The Kier molecular flexibility index (Phi) is 4.74. The van der Waals surface area contributed by atoms with E-state index >= 15 is 0 Å². The number of nitrogens with zero attached hydrogens (tertiary/aromatic N) is 1. The van der Waals surface area contributed by atoms with Crippen LogP contribution in [-0.2, 0) is 5.88 Å². The molecule has 78 valence electrons. The zero-order valence-corrected chi connectivity index (χ0v) is 9.42. The van der Waals surface area contributed by atoms with Crippen LogP contribution in [0.15, 0.2) is 18.3 Å². The summed E-state index contributed by atoms with van der Waals surface area (Å²) in [7, 11) is 0. The van der Waals surface area contributed by atoms with E-state index in [9.17, 15) is 0 Å². The van der Waals surface area contributed by atoms with Gasteiger partial charge < -0.3 is 4.74 Å². The Morgan fingerprint density at radius 1 is 1.50 bits per heavy atom. The molecule has 0 atom stereocenters. The minimum Gasteiger partial charge on any atom is -0.477 e. The van der Waals surface area contributed by atoms with Crippen LogP contribution in [0.5, 0.6) is 5.88 Å². The fraction of sp³-hybridized carbons (Fsp3) is 0.545. The van der Waals surface area contributed by atoms with Gasteiger partial charge in [0.25, 0.3) is 0 Å². The molecular weight excluding hydrogens is 198 g/mol. The van der Waals surface area contributed by atoms with E-state index in [0.29, 0.717) is 24.3 Å². The molecule has 0 bridgehead atoms. The third-order valence-corrected chi connectivity index (χ3v) is 2.22. The van der Waals surface area contributed by atoms with Gasteiger partial charge in [-0.25, -0.2) is 4.98 Å². The number of ether oxygens (including phenoxy) is 1. The summed E-state index contributed by atoms with van der Waals surface area (Å²) in [6.45, 7) is 5.05.